The number of nitrogens with two attached hydrogens (primary N) is 1. The van der Waals surface area contributed by atoms with Gasteiger partial charge < -0.3 is 5.73 Å². The number of hydrogen-bond donors (Lipinski definition) is 1. The van der Waals surface area contributed by atoms with Gasteiger partial charge in [-0.3, -0.25) is 0 Å². The van der Waals surface area contributed by atoms with Gasteiger partial charge in [-0.25, -0.2) is 0 Å². The summed E-state index contributed by atoms with van der Waals surface area (Å²) in [6.45, 7) is 4.33. The molecule has 2 N–H and O–H groups in total. The van der Waals surface area contributed by atoms with Crippen LogP contribution < -0.4 is 5.73 Å². The van der Waals surface area contributed by atoms with Crippen molar-refractivity contribution in [3.63, 3.8) is 0 Å². The summed E-state index contributed by atoms with van der Waals surface area (Å²) in [5, 5.41) is 0.895. The van der Waals surface area contributed by atoms with E-state index in [1.165, 1.54) is 9.75 Å². The second-order valence-electron chi connectivity index (χ2n) is 4.13. The van der Waals surface area contributed by atoms with Crippen LogP contribution in [0.2, 0.25) is 5.02 Å². The molecule has 1 aliphatic carbocycles. The molecule has 0 radical (unpaired) electrons. The van der Waals surface area contributed by atoms with E-state index < -0.39 is 0 Å². The van der Waals surface area contributed by atoms with Crippen LogP contribution in [0.15, 0.2) is 6.07 Å². The van der Waals surface area contributed by atoms with Crippen LogP contribution in [0, 0.1) is 0 Å². The first-order valence-electron chi connectivity index (χ1n) is 4.61. The van der Waals surface area contributed by atoms with Crippen molar-refractivity contribution in [3.8, 4) is 0 Å². The van der Waals surface area contributed by atoms with Gasteiger partial charge in [0.25, 0.3) is 0 Å². The van der Waals surface area contributed by atoms with Crippen LogP contribution in [-0.2, 0) is 5.54 Å². The summed E-state index contributed by atoms with van der Waals surface area (Å²) in [6, 6.07) is 2.05. The molecule has 1 saturated carbocycles. The molecule has 0 atom stereocenters. The number of thiophene rings is 1. The summed E-state index contributed by atoms with van der Waals surface area (Å²) in [5.41, 5.74) is 6.08. The van der Waals surface area contributed by atoms with Gasteiger partial charge in [0, 0.05) is 9.75 Å². The number of halogens is 1. The van der Waals surface area contributed by atoms with Crippen LogP contribution in [0.4, 0.5) is 0 Å². The van der Waals surface area contributed by atoms with E-state index in [-0.39, 0.29) is 5.54 Å². The summed E-state index contributed by atoms with van der Waals surface area (Å²) in [7, 11) is 0. The molecule has 1 fully saturated rings. The van der Waals surface area contributed by atoms with Gasteiger partial charge in [0.1, 0.15) is 0 Å². The molecule has 1 aromatic heterocycles. The Morgan fingerprint density at radius 2 is 2.15 bits per heavy atom. The maximum absolute atomic E-state index is 6.13. The Morgan fingerprint density at radius 3 is 2.54 bits per heavy atom. The molecule has 0 amide bonds. The van der Waals surface area contributed by atoms with Crippen LogP contribution in [0.5, 0.6) is 0 Å². The van der Waals surface area contributed by atoms with Crippen molar-refractivity contribution >= 4 is 22.9 Å². The quantitative estimate of drug-likeness (QED) is 0.804. The summed E-state index contributed by atoms with van der Waals surface area (Å²) in [4.78, 5) is 2.54. The third-order valence-electron chi connectivity index (χ3n) is 2.52. The Morgan fingerprint density at radius 1 is 1.54 bits per heavy atom. The molecular weight excluding hydrogens is 202 g/mol. The highest BCUT2D eigenvalue weighted by molar-refractivity contribution is 7.12. The van der Waals surface area contributed by atoms with Gasteiger partial charge >= 0.3 is 0 Å². The van der Waals surface area contributed by atoms with Crippen molar-refractivity contribution < 1.29 is 0 Å². The smallest absolute Gasteiger partial charge is 0.0551 e. The lowest BCUT2D eigenvalue weighted by Crippen LogP contribution is -2.16. The van der Waals surface area contributed by atoms with Crippen LogP contribution in [0.3, 0.4) is 0 Å². The van der Waals surface area contributed by atoms with Gasteiger partial charge in [0.15, 0.2) is 0 Å². The number of rotatable bonds is 2. The van der Waals surface area contributed by atoms with Crippen molar-refractivity contribution in [1.82, 2.24) is 0 Å². The fraction of sp³-hybridized carbons (Fsp3) is 0.600. The van der Waals surface area contributed by atoms with E-state index in [4.69, 9.17) is 17.3 Å². The minimum Gasteiger partial charge on any atom is -0.321 e. The van der Waals surface area contributed by atoms with Gasteiger partial charge in [-0.2, -0.15) is 0 Å². The van der Waals surface area contributed by atoms with Crippen molar-refractivity contribution in [2.45, 2.75) is 38.1 Å². The predicted molar refractivity (Wildman–Crippen MR) is 58.5 cm³/mol. The second kappa shape index (κ2) is 2.97. The fourth-order valence-corrected chi connectivity index (χ4v) is 3.12. The highest BCUT2D eigenvalue weighted by atomic mass is 35.5. The van der Waals surface area contributed by atoms with Crippen molar-refractivity contribution in [3.05, 3.63) is 20.8 Å². The Balaban J connectivity index is 2.35. The van der Waals surface area contributed by atoms with E-state index in [1.54, 1.807) is 11.3 Å². The van der Waals surface area contributed by atoms with Crippen molar-refractivity contribution in [2.75, 3.05) is 0 Å². The first-order chi connectivity index (χ1) is 6.03. The zero-order valence-electron chi connectivity index (χ0n) is 7.93. The monoisotopic (exact) mass is 215 g/mol. The van der Waals surface area contributed by atoms with Crippen molar-refractivity contribution in [1.29, 1.82) is 0 Å². The van der Waals surface area contributed by atoms with E-state index in [0.29, 0.717) is 5.92 Å². The van der Waals surface area contributed by atoms with Crippen LogP contribution in [0.25, 0.3) is 0 Å². The molecular formula is C10H14ClNS. The number of hydrogen-bond acceptors (Lipinski definition) is 2. The van der Waals surface area contributed by atoms with E-state index in [1.807, 2.05) is 0 Å². The molecule has 1 nitrogen and oxygen atoms in total. The zero-order valence-corrected chi connectivity index (χ0v) is 9.50. The lowest BCUT2D eigenvalue weighted by molar-refractivity contribution is 0.759. The molecule has 0 bridgehead atoms. The normalized spacial score (nSPS) is 19.5. The van der Waals surface area contributed by atoms with Crippen LogP contribution >= 0.6 is 22.9 Å². The van der Waals surface area contributed by atoms with Gasteiger partial charge in [0.05, 0.1) is 10.6 Å². The Bertz CT molecular complexity index is 326. The molecule has 2 rings (SSSR count). The lowest BCUT2D eigenvalue weighted by Gasteiger charge is -2.03. The van der Waals surface area contributed by atoms with E-state index >= 15 is 0 Å². The molecule has 1 heterocycles. The predicted octanol–water partition coefficient (Wildman–Crippen LogP) is 3.47. The SMILES string of the molecule is CC(C)c1sc(C2(N)CC2)cc1Cl. The molecule has 0 unspecified atom stereocenters. The van der Waals surface area contributed by atoms with Crippen LogP contribution in [0.1, 0.15) is 42.4 Å². The van der Waals surface area contributed by atoms with Crippen molar-refractivity contribution in [2.24, 2.45) is 5.73 Å². The average Bonchev–Trinajstić information content (AvgIpc) is 2.63. The molecule has 3 heteroatoms. The summed E-state index contributed by atoms with van der Waals surface area (Å²) in [5.74, 6) is 0.508. The maximum atomic E-state index is 6.13. The second-order valence-corrected chi connectivity index (χ2v) is 5.62. The molecule has 0 saturated heterocycles. The fourth-order valence-electron chi connectivity index (χ4n) is 1.40. The van der Waals surface area contributed by atoms with Gasteiger partial charge in [-0.05, 0) is 24.8 Å². The minimum atomic E-state index is -0.0263. The van der Waals surface area contributed by atoms with E-state index in [0.717, 1.165) is 17.9 Å². The molecule has 72 valence electrons. The molecule has 1 aromatic rings. The zero-order chi connectivity index (χ0) is 9.64. The summed E-state index contributed by atoms with van der Waals surface area (Å²) in [6.07, 6.45) is 2.22. The molecule has 0 aliphatic heterocycles. The standard InChI is InChI=1S/C10H14ClNS/c1-6(2)9-7(11)5-8(13-9)10(12)3-4-10/h5-6H,3-4,12H2,1-2H3. The Labute approximate surface area is 87.9 Å². The summed E-state index contributed by atoms with van der Waals surface area (Å²) < 4.78 is 0. The van der Waals surface area contributed by atoms with E-state index in [9.17, 15) is 0 Å². The average molecular weight is 216 g/mol. The van der Waals surface area contributed by atoms with E-state index in [2.05, 4.69) is 19.9 Å². The first-order valence-corrected chi connectivity index (χ1v) is 5.81. The Hall–Kier alpha value is -0.0500. The highest BCUT2D eigenvalue weighted by Gasteiger charge is 2.41. The molecule has 1 aliphatic rings. The third-order valence-corrected chi connectivity index (χ3v) is 4.60. The maximum Gasteiger partial charge on any atom is 0.0551 e. The lowest BCUT2D eigenvalue weighted by atomic mass is 10.2. The topological polar surface area (TPSA) is 26.0 Å². The molecule has 0 spiro atoms. The largest absolute Gasteiger partial charge is 0.321 e. The highest BCUT2D eigenvalue weighted by Crippen LogP contribution is 2.48. The van der Waals surface area contributed by atoms with Crippen LogP contribution in [-0.4, -0.2) is 0 Å². The minimum absolute atomic E-state index is 0.0263. The van der Waals surface area contributed by atoms with Gasteiger partial charge in [-0.15, -0.1) is 11.3 Å². The third kappa shape index (κ3) is 1.63. The summed E-state index contributed by atoms with van der Waals surface area (Å²) >= 11 is 7.91. The van der Waals surface area contributed by atoms with Gasteiger partial charge in [0.2, 0.25) is 0 Å². The van der Waals surface area contributed by atoms with Gasteiger partial charge in [-0.1, -0.05) is 25.4 Å². The Kier molecular flexibility index (Phi) is 2.17. The first kappa shape index (κ1) is 9.50. The molecule has 13 heavy (non-hydrogen) atoms. The molecule has 0 aromatic carbocycles.